The minimum atomic E-state index is -0.278. The molecule has 2 aromatic heterocycles. The van der Waals surface area contributed by atoms with Gasteiger partial charge in [0.2, 0.25) is 0 Å². The highest BCUT2D eigenvalue weighted by Crippen LogP contribution is 2.28. The summed E-state index contributed by atoms with van der Waals surface area (Å²) in [7, 11) is 0. The number of carbonyl (C=O) groups is 1. The molecule has 0 spiro atoms. The molecule has 0 atom stereocenters. The molecule has 7 heteroatoms. The van der Waals surface area contributed by atoms with Gasteiger partial charge in [0, 0.05) is 11.4 Å². The van der Waals surface area contributed by atoms with Crippen LogP contribution < -0.4 is 10.6 Å². The van der Waals surface area contributed by atoms with Gasteiger partial charge in [-0.05, 0) is 25.0 Å². The standard InChI is InChI=1S/C19H22N6O/c26-19(23-15-10-14-6-4-5-9-17(14)20-11-15)21-12-18-24-22-13-25(18)16-7-2-1-3-8-16/h4-6,9-11,13,16H,1-3,7-8,12H2,(H2,21,23,26). The monoisotopic (exact) mass is 350 g/mol. The number of fused-ring (bicyclic) bond motifs is 1. The summed E-state index contributed by atoms with van der Waals surface area (Å²) in [5, 5.41) is 14.9. The van der Waals surface area contributed by atoms with Crippen LogP contribution in [0.2, 0.25) is 0 Å². The van der Waals surface area contributed by atoms with E-state index in [9.17, 15) is 4.79 Å². The smallest absolute Gasteiger partial charge is 0.319 e. The molecule has 0 saturated heterocycles. The largest absolute Gasteiger partial charge is 0.331 e. The molecule has 1 aliphatic carbocycles. The Morgan fingerprint density at radius 1 is 1.19 bits per heavy atom. The Morgan fingerprint density at radius 2 is 2.04 bits per heavy atom. The van der Waals surface area contributed by atoms with Gasteiger partial charge in [-0.3, -0.25) is 4.98 Å². The van der Waals surface area contributed by atoms with Crippen molar-refractivity contribution in [1.29, 1.82) is 0 Å². The number of pyridine rings is 1. The molecule has 1 aliphatic rings. The van der Waals surface area contributed by atoms with Crippen molar-refractivity contribution >= 4 is 22.6 Å². The number of para-hydroxylation sites is 1. The number of amides is 2. The molecule has 7 nitrogen and oxygen atoms in total. The van der Waals surface area contributed by atoms with Crippen molar-refractivity contribution in [2.45, 2.75) is 44.7 Å². The highest BCUT2D eigenvalue weighted by Gasteiger charge is 2.18. The first-order valence-electron chi connectivity index (χ1n) is 9.07. The molecule has 0 bridgehead atoms. The lowest BCUT2D eigenvalue weighted by atomic mass is 9.95. The summed E-state index contributed by atoms with van der Waals surface area (Å²) >= 11 is 0. The third kappa shape index (κ3) is 3.66. The number of hydrogen-bond donors (Lipinski definition) is 2. The van der Waals surface area contributed by atoms with E-state index in [2.05, 4.69) is 30.4 Å². The predicted octanol–water partition coefficient (Wildman–Crippen LogP) is 3.65. The van der Waals surface area contributed by atoms with E-state index >= 15 is 0 Å². The predicted molar refractivity (Wildman–Crippen MR) is 99.7 cm³/mol. The molecule has 26 heavy (non-hydrogen) atoms. The number of hydrogen-bond acceptors (Lipinski definition) is 4. The fourth-order valence-electron chi connectivity index (χ4n) is 3.53. The second kappa shape index (κ2) is 7.51. The Hall–Kier alpha value is -2.96. The average Bonchev–Trinajstić information content (AvgIpc) is 3.16. The van der Waals surface area contributed by atoms with E-state index in [0.717, 1.165) is 29.6 Å². The Bertz CT molecular complexity index is 900. The number of anilines is 1. The fourth-order valence-corrected chi connectivity index (χ4v) is 3.53. The Kier molecular flexibility index (Phi) is 4.77. The Morgan fingerprint density at radius 3 is 2.92 bits per heavy atom. The SMILES string of the molecule is O=C(NCc1nncn1C1CCCCC1)Nc1cnc2ccccc2c1. The summed E-state index contributed by atoms with van der Waals surface area (Å²) in [4.78, 5) is 16.6. The Labute approximate surface area is 151 Å². The molecular formula is C19H22N6O. The molecule has 4 rings (SSSR count). The van der Waals surface area contributed by atoms with Gasteiger partial charge in [0.25, 0.3) is 0 Å². The van der Waals surface area contributed by atoms with Crippen molar-refractivity contribution in [2.75, 3.05) is 5.32 Å². The molecular weight excluding hydrogens is 328 g/mol. The van der Waals surface area contributed by atoms with E-state index in [1.165, 1.54) is 19.3 Å². The van der Waals surface area contributed by atoms with Gasteiger partial charge in [-0.25, -0.2) is 4.79 Å². The first-order chi connectivity index (χ1) is 12.8. The normalized spacial score (nSPS) is 15.1. The van der Waals surface area contributed by atoms with Gasteiger partial charge in [-0.1, -0.05) is 37.5 Å². The molecule has 2 N–H and O–H groups in total. The van der Waals surface area contributed by atoms with Crippen LogP contribution in [-0.2, 0) is 6.54 Å². The molecule has 0 unspecified atom stereocenters. The Balaban J connectivity index is 1.37. The average molecular weight is 350 g/mol. The summed E-state index contributed by atoms with van der Waals surface area (Å²) in [5.74, 6) is 0.795. The number of aromatic nitrogens is 4. The molecule has 1 saturated carbocycles. The number of nitrogens with zero attached hydrogens (tertiary/aromatic N) is 4. The lowest BCUT2D eigenvalue weighted by Gasteiger charge is -2.24. The number of carbonyl (C=O) groups excluding carboxylic acids is 1. The molecule has 1 fully saturated rings. The third-order valence-corrected chi connectivity index (χ3v) is 4.87. The summed E-state index contributed by atoms with van der Waals surface area (Å²) in [6.45, 7) is 0.351. The molecule has 1 aromatic carbocycles. The molecule has 0 radical (unpaired) electrons. The van der Waals surface area contributed by atoms with E-state index in [-0.39, 0.29) is 6.03 Å². The number of benzene rings is 1. The van der Waals surface area contributed by atoms with E-state index in [4.69, 9.17) is 0 Å². The highest BCUT2D eigenvalue weighted by molar-refractivity contribution is 5.91. The van der Waals surface area contributed by atoms with Gasteiger partial charge in [0.05, 0.1) is 23.9 Å². The van der Waals surface area contributed by atoms with Crippen molar-refractivity contribution in [3.8, 4) is 0 Å². The summed E-state index contributed by atoms with van der Waals surface area (Å²) in [5.41, 5.74) is 1.56. The first kappa shape index (κ1) is 16.5. The van der Waals surface area contributed by atoms with Crippen LogP contribution in [0.3, 0.4) is 0 Å². The van der Waals surface area contributed by atoms with Gasteiger partial charge in [-0.2, -0.15) is 0 Å². The van der Waals surface area contributed by atoms with Crippen molar-refractivity contribution < 1.29 is 4.79 Å². The maximum Gasteiger partial charge on any atom is 0.319 e. The van der Waals surface area contributed by atoms with Crippen LogP contribution in [-0.4, -0.2) is 25.8 Å². The first-order valence-corrected chi connectivity index (χ1v) is 9.07. The fraction of sp³-hybridized carbons (Fsp3) is 0.368. The maximum atomic E-state index is 12.2. The van der Waals surface area contributed by atoms with Gasteiger partial charge < -0.3 is 15.2 Å². The molecule has 134 valence electrons. The quantitative estimate of drug-likeness (QED) is 0.752. The molecule has 3 aromatic rings. The minimum Gasteiger partial charge on any atom is -0.331 e. The molecule has 0 aliphatic heterocycles. The van der Waals surface area contributed by atoms with Crippen LogP contribution in [0.15, 0.2) is 42.9 Å². The second-order valence-corrected chi connectivity index (χ2v) is 6.67. The summed E-state index contributed by atoms with van der Waals surface area (Å²) in [6, 6.07) is 9.88. The van der Waals surface area contributed by atoms with Crippen LogP contribution in [0.4, 0.5) is 10.5 Å². The van der Waals surface area contributed by atoms with E-state index in [0.29, 0.717) is 18.3 Å². The summed E-state index contributed by atoms with van der Waals surface area (Å²) < 4.78 is 2.11. The highest BCUT2D eigenvalue weighted by atomic mass is 16.2. The van der Waals surface area contributed by atoms with Crippen molar-refractivity contribution in [3.63, 3.8) is 0 Å². The minimum absolute atomic E-state index is 0.278. The van der Waals surface area contributed by atoms with Crippen LogP contribution in [0.5, 0.6) is 0 Å². The van der Waals surface area contributed by atoms with Crippen molar-refractivity contribution in [1.82, 2.24) is 25.1 Å². The van der Waals surface area contributed by atoms with E-state index in [1.807, 2.05) is 30.3 Å². The lowest BCUT2D eigenvalue weighted by Crippen LogP contribution is -2.30. The number of rotatable bonds is 4. The van der Waals surface area contributed by atoms with Crippen molar-refractivity contribution in [2.24, 2.45) is 0 Å². The number of nitrogens with one attached hydrogen (secondary N) is 2. The van der Waals surface area contributed by atoms with E-state index < -0.39 is 0 Å². The second-order valence-electron chi connectivity index (χ2n) is 6.67. The zero-order chi connectivity index (χ0) is 17.8. The van der Waals surface area contributed by atoms with Gasteiger partial charge in [0.1, 0.15) is 6.33 Å². The maximum absolute atomic E-state index is 12.2. The zero-order valence-corrected chi connectivity index (χ0v) is 14.6. The van der Waals surface area contributed by atoms with Crippen LogP contribution >= 0.6 is 0 Å². The van der Waals surface area contributed by atoms with Crippen molar-refractivity contribution in [3.05, 3.63) is 48.7 Å². The topological polar surface area (TPSA) is 84.7 Å². The van der Waals surface area contributed by atoms with Crippen LogP contribution in [0.1, 0.15) is 44.0 Å². The molecule has 2 amide bonds. The van der Waals surface area contributed by atoms with Gasteiger partial charge >= 0.3 is 6.03 Å². The number of urea groups is 1. The van der Waals surface area contributed by atoms with Gasteiger partial charge in [-0.15, -0.1) is 10.2 Å². The van der Waals surface area contributed by atoms with Crippen LogP contribution in [0, 0.1) is 0 Å². The zero-order valence-electron chi connectivity index (χ0n) is 14.6. The third-order valence-electron chi connectivity index (χ3n) is 4.87. The lowest BCUT2D eigenvalue weighted by molar-refractivity contribution is 0.251. The van der Waals surface area contributed by atoms with E-state index in [1.54, 1.807) is 12.5 Å². The summed E-state index contributed by atoms with van der Waals surface area (Å²) in [6.07, 6.45) is 9.52. The van der Waals surface area contributed by atoms with Gasteiger partial charge in [0.15, 0.2) is 5.82 Å². The van der Waals surface area contributed by atoms with Crippen LogP contribution in [0.25, 0.3) is 10.9 Å². The molecule has 2 heterocycles.